The van der Waals surface area contributed by atoms with Gasteiger partial charge in [0.2, 0.25) is 0 Å². The van der Waals surface area contributed by atoms with Gasteiger partial charge in [-0.3, -0.25) is 9.52 Å². The molecule has 0 bridgehead atoms. The van der Waals surface area contributed by atoms with Gasteiger partial charge in [-0.05, 0) is 0 Å². The first-order valence-corrected chi connectivity index (χ1v) is 4.70. The van der Waals surface area contributed by atoms with Crippen LogP contribution in [0.15, 0.2) is 0 Å². The van der Waals surface area contributed by atoms with Crippen molar-refractivity contribution in [3.63, 3.8) is 0 Å². The van der Waals surface area contributed by atoms with E-state index in [0.29, 0.717) is 0 Å². The summed E-state index contributed by atoms with van der Waals surface area (Å²) in [7, 11) is -3.69. The van der Waals surface area contributed by atoms with Crippen molar-refractivity contribution in [3.8, 4) is 0 Å². The summed E-state index contributed by atoms with van der Waals surface area (Å²) in [5.41, 5.74) is 0. The van der Waals surface area contributed by atoms with E-state index >= 15 is 0 Å². The van der Waals surface area contributed by atoms with Crippen molar-refractivity contribution in [2.24, 2.45) is 0 Å². The highest BCUT2D eigenvalue weighted by atomic mass is 35.5. The maximum atomic E-state index is 10.6. The molecule has 0 radical (unpaired) electrons. The van der Waals surface area contributed by atoms with Crippen molar-refractivity contribution in [2.75, 3.05) is 0 Å². The lowest BCUT2D eigenvalue weighted by molar-refractivity contribution is -0.118. The van der Waals surface area contributed by atoms with Crippen LogP contribution in [0.25, 0.3) is 0 Å². The topological polar surface area (TPSA) is 63.2 Å². The molecule has 0 spiro atoms. The summed E-state index contributed by atoms with van der Waals surface area (Å²) in [5, 5.41) is -1.17. The summed E-state index contributed by atoms with van der Waals surface area (Å²) in [4.78, 5) is 10.5. The summed E-state index contributed by atoms with van der Waals surface area (Å²) >= 11 is 10.5. The van der Waals surface area contributed by atoms with E-state index in [1.54, 1.807) is 4.72 Å². The molecule has 0 aromatic rings. The van der Waals surface area contributed by atoms with E-state index in [2.05, 4.69) is 0 Å². The minimum atomic E-state index is -3.69. The summed E-state index contributed by atoms with van der Waals surface area (Å²) < 4.78 is 21.6. The van der Waals surface area contributed by atoms with Crippen molar-refractivity contribution in [3.05, 3.63) is 0 Å². The highest BCUT2D eigenvalue weighted by Crippen LogP contribution is 2.21. The first-order chi connectivity index (χ1) is 4.45. The molecule has 1 fully saturated rings. The molecular formula is C3H3Cl2NO3S. The summed E-state index contributed by atoms with van der Waals surface area (Å²) in [5.74, 6) is -0.762. The first kappa shape index (κ1) is 8.10. The Labute approximate surface area is 67.5 Å². The molecule has 1 aliphatic rings. The van der Waals surface area contributed by atoms with E-state index in [1.807, 2.05) is 0 Å². The zero-order chi connectivity index (χ0) is 7.94. The number of alkyl halides is 2. The largest absolute Gasteiger partial charge is 0.272 e. The van der Waals surface area contributed by atoms with Gasteiger partial charge in [-0.15, -0.1) is 23.2 Å². The van der Waals surface area contributed by atoms with E-state index in [0.717, 1.165) is 0 Å². The van der Waals surface area contributed by atoms with E-state index in [1.165, 1.54) is 0 Å². The molecule has 2 atom stereocenters. The molecule has 1 N–H and O–H groups in total. The molecule has 1 rings (SSSR count). The number of nitrogens with one attached hydrogen (secondary N) is 1. The third-order valence-electron chi connectivity index (χ3n) is 1.02. The predicted octanol–water partition coefficient (Wildman–Crippen LogP) is -0.382. The van der Waals surface area contributed by atoms with Crippen LogP contribution in [-0.4, -0.2) is 24.4 Å². The maximum absolute atomic E-state index is 10.6. The van der Waals surface area contributed by atoms with Crippen LogP contribution < -0.4 is 4.72 Å². The van der Waals surface area contributed by atoms with Crippen molar-refractivity contribution in [1.82, 2.24) is 4.72 Å². The minimum Gasteiger partial charge on any atom is -0.272 e. The van der Waals surface area contributed by atoms with Crippen LogP contribution in [0.5, 0.6) is 0 Å². The third kappa shape index (κ3) is 1.09. The number of hydrogen-bond donors (Lipinski definition) is 1. The lowest BCUT2D eigenvalue weighted by atomic mass is 10.5. The quantitative estimate of drug-likeness (QED) is 0.547. The van der Waals surface area contributed by atoms with Gasteiger partial charge in [0.25, 0.3) is 15.9 Å². The monoisotopic (exact) mass is 203 g/mol. The zero-order valence-corrected chi connectivity index (χ0v) is 6.87. The highest BCUT2D eigenvalue weighted by molar-refractivity contribution is 7.92. The second-order valence-electron chi connectivity index (χ2n) is 1.76. The molecule has 1 amide bonds. The molecule has 2 unspecified atom stereocenters. The molecule has 0 aromatic heterocycles. The van der Waals surface area contributed by atoms with Crippen molar-refractivity contribution in [2.45, 2.75) is 10.1 Å². The number of halogens is 2. The highest BCUT2D eigenvalue weighted by Gasteiger charge is 2.44. The summed E-state index contributed by atoms with van der Waals surface area (Å²) in [6, 6.07) is 0. The van der Waals surface area contributed by atoms with Crippen LogP contribution in [-0.2, 0) is 14.8 Å². The number of hydrogen-bond acceptors (Lipinski definition) is 3. The number of carbonyl (C=O) groups is 1. The Morgan fingerprint density at radius 3 is 2.00 bits per heavy atom. The fourth-order valence-corrected chi connectivity index (χ4v) is 2.26. The lowest BCUT2D eigenvalue weighted by Crippen LogP contribution is -2.22. The summed E-state index contributed by atoms with van der Waals surface area (Å²) in [6.07, 6.45) is 0. The molecule has 0 aliphatic carbocycles. The van der Waals surface area contributed by atoms with Crippen LogP contribution in [0.1, 0.15) is 0 Å². The summed E-state index contributed by atoms with van der Waals surface area (Å²) in [6.45, 7) is 0. The Hall–Kier alpha value is -0.000000000000000111. The van der Waals surface area contributed by atoms with Gasteiger partial charge in [0.15, 0.2) is 4.71 Å². The Morgan fingerprint density at radius 1 is 1.40 bits per heavy atom. The SMILES string of the molecule is O=C1NS(=O)(=O)C(Cl)C1Cl. The van der Waals surface area contributed by atoms with Gasteiger partial charge in [-0.2, -0.15) is 0 Å². The standard InChI is InChI=1S/C3H3Cl2NO3S/c4-1-2(5)10(8,9)6-3(1)7/h1-2H,(H,6,7). The van der Waals surface area contributed by atoms with Gasteiger partial charge >= 0.3 is 0 Å². The number of sulfonamides is 1. The Balaban J connectivity index is 3.04. The second-order valence-corrected chi connectivity index (χ2v) is 4.77. The smallest absolute Gasteiger partial charge is 0.254 e. The van der Waals surface area contributed by atoms with Gasteiger partial charge in [0.05, 0.1) is 0 Å². The fourth-order valence-electron chi connectivity index (χ4n) is 0.529. The molecular weight excluding hydrogens is 201 g/mol. The van der Waals surface area contributed by atoms with Crippen LogP contribution in [0.4, 0.5) is 0 Å². The normalized spacial score (nSPS) is 37.6. The average Bonchev–Trinajstić information content (AvgIpc) is 1.95. The van der Waals surface area contributed by atoms with Crippen LogP contribution in [0, 0.1) is 0 Å². The van der Waals surface area contributed by atoms with Gasteiger partial charge in [-0.25, -0.2) is 8.42 Å². The molecule has 4 nitrogen and oxygen atoms in total. The molecule has 0 aromatic carbocycles. The van der Waals surface area contributed by atoms with E-state index in [4.69, 9.17) is 23.2 Å². The van der Waals surface area contributed by atoms with Gasteiger partial charge in [0.1, 0.15) is 5.38 Å². The first-order valence-electron chi connectivity index (χ1n) is 2.29. The van der Waals surface area contributed by atoms with Gasteiger partial charge < -0.3 is 0 Å². The molecule has 1 aliphatic heterocycles. The number of rotatable bonds is 0. The maximum Gasteiger partial charge on any atom is 0.254 e. The lowest BCUT2D eigenvalue weighted by Gasteiger charge is -1.96. The van der Waals surface area contributed by atoms with Gasteiger partial charge in [0, 0.05) is 0 Å². The van der Waals surface area contributed by atoms with E-state index < -0.39 is 26.0 Å². The Bertz CT molecular complexity index is 261. The van der Waals surface area contributed by atoms with Crippen molar-refractivity contribution in [1.29, 1.82) is 0 Å². The molecule has 0 saturated carbocycles. The molecule has 7 heteroatoms. The van der Waals surface area contributed by atoms with Crippen molar-refractivity contribution < 1.29 is 13.2 Å². The van der Waals surface area contributed by atoms with Crippen LogP contribution in [0.2, 0.25) is 0 Å². The molecule has 58 valence electrons. The molecule has 1 heterocycles. The number of carbonyl (C=O) groups excluding carboxylic acids is 1. The zero-order valence-electron chi connectivity index (χ0n) is 4.54. The van der Waals surface area contributed by atoms with Crippen molar-refractivity contribution >= 4 is 39.1 Å². The van der Waals surface area contributed by atoms with Crippen LogP contribution in [0.3, 0.4) is 0 Å². The van der Waals surface area contributed by atoms with E-state index in [-0.39, 0.29) is 0 Å². The molecule has 10 heavy (non-hydrogen) atoms. The number of amides is 1. The second kappa shape index (κ2) is 2.25. The Morgan fingerprint density at radius 2 is 1.90 bits per heavy atom. The average molecular weight is 204 g/mol. The minimum absolute atomic E-state index is 0.762. The third-order valence-corrected chi connectivity index (χ3v) is 4.05. The fraction of sp³-hybridized carbons (Fsp3) is 0.667. The van der Waals surface area contributed by atoms with E-state index in [9.17, 15) is 13.2 Å². The molecule has 1 saturated heterocycles. The Kier molecular flexibility index (Phi) is 1.82. The predicted molar refractivity (Wildman–Crippen MR) is 36.3 cm³/mol. The van der Waals surface area contributed by atoms with Crippen LogP contribution >= 0.6 is 23.2 Å². The van der Waals surface area contributed by atoms with Gasteiger partial charge in [-0.1, -0.05) is 0 Å².